The van der Waals surface area contributed by atoms with Gasteiger partial charge in [0.1, 0.15) is 0 Å². The fraction of sp³-hybridized carbons (Fsp3) is 0.556. The maximum Gasteiger partial charge on any atom is 0.162 e. The summed E-state index contributed by atoms with van der Waals surface area (Å²) in [5.41, 5.74) is 0.703. The molecule has 1 fully saturated rings. The molecule has 1 aliphatic rings. The number of carbonyl (C=O) groups is 1. The molecule has 4 heteroatoms. The van der Waals surface area contributed by atoms with Gasteiger partial charge in [0, 0.05) is 19.3 Å². The van der Waals surface area contributed by atoms with Crippen molar-refractivity contribution in [1.82, 2.24) is 14.7 Å². The molecule has 1 aromatic heterocycles. The van der Waals surface area contributed by atoms with Crippen LogP contribution in [-0.4, -0.2) is 40.6 Å². The first-order chi connectivity index (χ1) is 6.16. The second-order valence-corrected chi connectivity index (χ2v) is 3.64. The van der Waals surface area contributed by atoms with E-state index in [-0.39, 0.29) is 5.78 Å². The quantitative estimate of drug-likeness (QED) is 0.623. The molecule has 0 N–H and O–H groups in total. The summed E-state index contributed by atoms with van der Waals surface area (Å²) in [6.45, 7) is 3.62. The summed E-state index contributed by atoms with van der Waals surface area (Å²) in [7, 11) is 2.08. The lowest BCUT2D eigenvalue weighted by molar-refractivity contribution is 0.101. The molecule has 1 saturated heterocycles. The van der Waals surface area contributed by atoms with Crippen LogP contribution in [0.3, 0.4) is 0 Å². The maximum atomic E-state index is 11.0. The molecule has 13 heavy (non-hydrogen) atoms. The summed E-state index contributed by atoms with van der Waals surface area (Å²) in [6.07, 6.45) is 3.47. The Bertz CT molecular complexity index is 325. The van der Waals surface area contributed by atoms with Crippen LogP contribution in [0.2, 0.25) is 0 Å². The van der Waals surface area contributed by atoms with Crippen molar-refractivity contribution in [1.29, 1.82) is 0 Å². The zero-order valence-corrected chi connectivity index (χ0v) is 7.90. The Morgan fingerprint density at radius 1 is 1.62 bits per heavy atom. The second-order valence-electron chi connectivity index (χ2n) is 3.64. The predicted molar refractivity (Wildman–Crippen MR) is 48.8 cm³/mol. The highest BCUT2D eigenvalue weighted by molar-refractivity contribution is 5.93. The van der Waals surface area contributed by atoms with Gasteiger partial charge < -0.3 is 4.90 Å². The Morgan fingerprint density at radius 2 is 2.31 bits per heavy atom. The Labute approximate surface area is 77.1 Å². The van der Waals surface area contributed by atoms with Crippen molar-refractivity contribution in [2.45, 2.75) is 13.0 Å². The van der Waals surface area contributed by atoms with Crippen molar-refractivity contribution in [3.8, 4) is 0 Å². The first-order valence-corrected chi connectivity index (χ1v) is 4.40. The fourth-order valence-corrected chi connectivity index (χ4v) is 1.55. The van der Waals surface area contributed by atoms with Crippen LogP contribution in [0.5, 0.6) is 0 Å². The lowest BCUT2D eigenvalue weighted by atomic mass is 10.1. The predicted octanol–water partition coefficient (Wildman–Crippen LogP) is 0.572. The van der Waals surface area contributed by atoms with Gasteiger partial charge in [-0.15, -0.1) is 0 Å². The number of carbonyl (C=O) groups excluding carboxylic acids is 1. The molecule has 0 atom stereocenters. The smallest absolute Gasteiger partial charge is 0.162 e. The highest BCUT2D eigenvalue weighted by atomic mass is 16.1. The largest absolute Gasteiger partial charge is 0.302 e. The summed E-state index contributed by atoms with van der Waals surface area (Å²) in [5.74, 6) is 0.0823. The van der Waals surface area contributed by atoms with E-state index in [1.807, 2.05) is 10.9 Å². The first-order valence-electron chi connectivity index (χ1n) is 4.40. The number of hydrogen-bond acceptors (Lipinski definition) is 3. The molecule has 1 aromatic rings. The SMILES string of the molecule is CC(=O)c1cnn(C2CN(C)C2)c1. The molecule has 0 bridgehead atoms. The zero-order chi connectivity index (χ0) is 9.42. The van der Waals surface area contributed by atoms with Crippen LogP contribution in [0.4, 0.5) is 0 Å². The third-order valence-electron chi connectivity index (χ3n) is 2.43. The van der Waals surface area contributed by atoms with Gasteiger partial charge in [-0.2, -0.15) is 5.10 Å². The van der Waals surface area contributed by atoms with Gasteiger partial charge in [0.25, 0.3) is 0 Å². The minimum absolute atomic E-state index is 0.0823. The van der Waals surface area contributed by atoms with E-state index in [2.05, 4.69) is 17.0 Å². The van der Waals surface area contributed by atoms with E-state index < -0.39 is 0 Å². The average Bonchev–Trinajstić information content (AvgIpc) is 2.46. The summed E-state index contributed by atoms with van der Waals surface area (Å²) < 4.78 is 1.89. The third kappa shape index (κ3) is 1.49. The molecule has 0 amide bonds. The van der Waals surface area contributed by atoms with E-state index in [4.69, 9.17) is 0 Å². The fourth-order valence-electron chi connectivity index (χ4n) is 1.55. The zero-order valence-electron chi connectivity index (χ0n) is 7.90. The highest BCUT2D eigenvalue weighted by Gasteiger charge is 2.25. The van der Waals surface area contributed by atoms with Crippen LogP contribution >= 0.6 is 0 Å². The first kappa shape index (κ1) is 8.44. The van der Waals surface area contributed by atoms with Crippen molar-refractivity contribution >= 4 is 5.78 Å². The van der Waals surface area contributed by atoms with Gasteiger partial charge in [-0.25, -0.2) is 0 Å². The number of hydrogen-bond donors (Lipinski definition) is 0. The van der Waals surface area contributed by atoms with E-state index in [1.54, 1.807) is 13.1 Å². The van der Waals surface area contributed by atoms with E-state index in [9.17, 15) is 4.79 Å². The van der Waals surface area contributed by atoms with Crippen molar-refractivity contribution in [2.24, 2.45) is 0 Å². The summed E-state index contributed by atoms with van der Waals surface area (Å²) >= 11 is 0. The number of rotatable bonds is 2. The van der Waals surface area contributed by atoms with E-state index in [0.29, 0.717) is 11.6 Å². The molecule has 2 heterocycles. The van der Waals surface area contributed by atoms with E-state index >= 15 is 0 Å². The Balaban J connectivity index is 2.10. The number of Topliss-reactive ketones (excluding diaryl/α,β-unsaturated/α-hetero) is 1. The van der Waals surface area contributed by atoms with Crippen LogP contribution in [0.25, 0.3) is 0 Å². The van der Waals surface area contributed by atoms with Gasteiger partial charge in [-0.3, -0.25) is 9.48 Å². The van der Waals surface area contributed by atoms with Gasteiger partial charge in [-0.1, -0.05) is 0 Å². The second kappa shape index (κ2) is 2.96. The minimum atomic E-state index is 0.0823. The molecule has 70 valence electrons. The Morgan fingerprint density at radius 3 is 2.77 bits per heavy atom. The van der Waals surface area contributed by atoms with Crippen molar-refractivity contribution in [3.05, 3.63) is 18.0 Å². The molecular weight excluding hydrogens is 166 g/mol. The van der Waals surface area contributed by atoms with E-state index in [1.165, 1.54) is 0 Å². The number of likely N-dealkylation sites (N-methyl/N-ethyl adjacent to an activating group) is 1. The van der Waals surface area contributed by atoms with Gasteiger partial charge in [0.2, 0.25) is 0 Å². The van der Waals surface area contributed by atoms with E-state index in [0.717, 1.165) is 13.1 Å². The number of likely N-dealkylation sites (tertiary alicyclic amines) is 1. The molecular formula is C9H13N3O. The highest BCUT2D eigenvalue weighted by Crippen LogP contribution is 2.18. The monoisotopic (exact) mass is 179 g/mol. The molecule has 0 aromatic carbocycles. The number of aromatic nitrogens is 2. The van der Waals surface area contributed by atoms with Crippen LogP contribution in [-0.2, 0) is 0 Å². The van der Waals surface area contributed by atoms with Crippen LogP contribution in [0.15, 0.2) is 12.4 Å². The van der Waals surface area contributed by atoms with Crippen LogP contribution in [0, 0.1) is 0 Å². The molecule has 1 aliphatic heterocycles. The summed E-state index contributed by atoms with van der Waals surface area (Å²) in [4.78, 5) is 13.2. The molecule has 0 spiro atoms. The topological polar surface area (TPSA) is 38.1 Å². The van der Waals surface area contributed by atoms with Gasteiger partial charge in [0.05, 0.1) is 17.8 Å². The van der Waals surface area contributed by atoms with Crippen LogP contribution in [0.1, 0.15) is 23.3 Å². The van der Waals surface area contributed by atoms with Crippen molar-refractivity contribution in [3.63, 3.8) is 0 Å². The normalized spacial score (nSPS) is 18.6. The van der Waals surface area contributed by atoms with Gasteiger partial charge in [0.15, 0.2) is 5.78 Å². The molecule has 0 radical (unpaired) electrons. The third-order valence-corrected chi connectivity index (χ3v) is 2.43. The minimum Gasteiger partial charge on any atom is -0.302 e. The molecule has 0 unspecified atom stereocenters. The Kier molecular flexibility index (Phi) is 1.92. The van der Waals surface area contributed by atoms with Crippen LogP contribution < -0.4 is 0 Å². The summed E-state index contributed by atoms with van der Waals surface area (Å²) in [5, 5.41) is 4.16. The number of ketones is 1. The average molecular weight is 179 g/mol. The van der Waals surface area contributed by atoms with Crippen molar-refractivity contribution < 1.29 is 4.79 Å². The Hall–Kier alpha value is -1.16. The number of nitrogens with zero attached hydrogens (tertiary/aromatic N) is 3. The lowest BCUT2D eigenvalue weighted by Gasteiger charge is -2.36. The summed E-state index contributed by atoms with van der Waals surface area (Å²) in [6, 6.07) is 0.457. The van der Waals surface area contributed by atoms with Gasteiger partial charge >= 0.3 is 0 Å². The molecule has 0 aliphatic carbocycles. The lowest BCUT2D eigenvalue weighted by Crippen LogP contribution is -2.45. The maximum absolute atomic E-state index is 11.0. The van der Waals surface area contributed by atoms with Crippen molar-refractivity contribution in [2.75, 3.05) is 20.1 Å². The molecule has 0 saturated carbocycles. The molecule has 4 nitrogen and oxygen atoms in total. The molecule has 2 rings (SSSR count). The standard InChI is InChI=1S/C9H13N3O/c1-7(13)8-3-10-12(4-8)9-5-11(2)6-9/h3-4,9H,5-6H2,1-2H3. The van der Waals surface area contributed by atoms with Gasteiger partial charge in [-0.05, 0) is 14.0 Å².